The van der Waals surface area contributed by atoms with Gasteiger partial charge in [0.1, 0.15) is 11.6 Å². The van der Waals surface area contributed by atoms with Crippen LogP contribution in [0.4, 0.5) is 8.78 Å². The largest absolute Gasteiger partial charge is 0.393 e. The molecule has 0 spiro atoms. The molecule has 0 aliphatic heterocycles. The molecule has 72 valence electrons. The lowest BCUT2D eigenvalue weighted by atomic mass is 10.1. The van der Waals surface area contributed by atoms with Gasteiger partial charge in [0.2, 0.25) is 0 Å². The first kappa shape index (κ1) is 10.1. The molecule has 0 amide bonds. The Labute approximate surface area is 76.0 Å². The third-order valence-corrected chi connectivity index (χ3v) is 1.94. The van der Waals surface area contributed by atoms with E-state index in [-0.39, 0.29) is 6.42 Å². The van der Waals surface area contributed by atoms with Crippen LogP contribution in [0.5, 0.6) is 0 Å². The lowest BCUT2D eigenvalue weighted by Gasteiger charge is -2.07. The molecule has 0 aromatic heterocycles. The van der Waals surface area contributed by atoms with Gasteiger partial charge < -0.3 is 5.11 Å². The molecule has 0 bridgehead atoms. The number of aliphatic hydroxyl groups excluding tert-OH is 1. The Morgan fingerprint density at radius 2 is 2.08 bits per heavy atom. The average molecular weight is 186 g/mol. The third-order valence-electron chi connectivity index (χ3n) is 1.94. The van der Waals surface area contributed by atoms with Crippen molar-refractivity contribution in [3.8, 4) is 0 Å². The standard InChI is InChI=1S/C10H12F2O/c1-2-9(13)5-7-3-4-8(11)6-10(7)12/h3-4,6,9,13H,2,5H2,1H3. The third kappa shape index (κ3) is 2.77. The second-order valence-corrected chi connectivity index (χ2v) is 3.00. The second-order valence-electron chi connectivity index (χ2n) is 3.00. The fraction of sp³-hybridized carbons (Fsp3) is 0.400. The fourth-order valence-electron chi connectivity index (χ4n) is 1.09. The zero-order valence-corrected chi connectivity index (χ0v) is 7.43. The quantitative estimate of drug-likeness (QED) is 0.767. The molecule has 1 unspecified atom stereocenters. The number of rotatable bonds is 3. The van der Waals surface area contributed by atoms with E-state index in [1.165, 1.54) is 12.1 Å². The summed E-state index contributed by atoms with van der Waals surface area (Å²) in [6.07, 6.45) is 0.249. The van der Waals surface area contributed by atoms with E-state index in [1.807, 2.05) is 6.92 Å². The van der Waals surface area contributed by atoms with Crippen molar-refractivity contribution in [1.29, 1.82) is 0 Å². The van der Waals surface area contributed by atoms with Gasteiger partial charge >= 0.3 is 0 Å². The topological polar surface area (TPSA) is 20.2 Å². The van der Waals surface area contributed by atoms with Gasteiger partial charge in [-0.15, -0.1) is 0 Å². The molecule has 1 aromatic rings. The minimum atomic E-state index is -0.591. The van der Waals surface area contributed by atoms with E-state index in [2.05, 4.69) is 0 Å². The van der Waals surface area contributed by atoms with E-state index in [9.17, 15) is 13.9 Å². The Hall–Kier alpha value is -0.960. The maximum Gasteiger partial charge on any atom is 0.129 e. The molecule has 0 heterocycles. The van der Waals surface area contributed by atoms with Gasteiger partial charge in [-0.2, -0.15) is 0 Å². The monoisotopic (exact) mass is 186 g/mol. The molecule has 1 nitrogen and oxygen atoms in total. The van der Waals surface area contributed by atoms with E-state index in [4.69, 9.17) is 0 Å². The number of hydrogen-bond donors (Lipinski definition) is 1. The Morgan fingerprint density at radius 3 is 2.62 bits per heavy atom. The first-order valence-electron chi connectivity index (χ1n) is 4.25. The van der Waals surface area contributed by atoms with E-state index < -0.39 is 17.7 Å². The van der Waals surface area contributed by atoms with Crippen molar-refractivity contribution in [1.82, 2.24) is 0 Å². The molecule has 0 fully saturated rings. The highest BCUT2D eigenvalue weighted by atomic mass is 19.1. The van der Waals surface area contributed by atoms with Crippen LogP contribution in [0.1, 0.15) is 18.9 Å². The summed E-state index contributed by atoms with van der Waals surface area (Å²) < 4.78 is 25.5. The van der Waals surface area contributed by atoms with Gasteiger partial charge in [0.05, 0.1) is 6.10 Å². The summed E-state index contributed by atoms with van der Waals surface area (Å²) in [5.41, 5.74) is 0.357. The summed E-state index contributed by atoms with van der Waals surface area (Å²) >= 11 is 0. The zero-order chi connectivity index (χ0) is 9.84. The van der Waals surface area contributed by atoms with Crippen LogP contribution in [0.15, 0.2) is 18.2 Å². The number of halogens is 2. The minimum absolute atomic E-state index is 0.239. The summed E-state index contributed by atoms with van der Waals surface area (Å²) in [5.74, 6) is -1.18. The molecular formula is C10H12F2O. The van der Waals surface area contributed by atoms with Crippen LogP contribution in [-0.2, 0) is 6.42 Å². The van der Waals surface area contributed by atoms with Crippen molar-refractivity contribution < 1.29 is 13.9 Å². The van der Waals surface area contributed by atoms with Gasteiger partial charge in [0, 0.05) is 12.5 Å². The molecule has 1 atom stereocenters. The highest BCUT2D eigenvalue weighted by Crippen LogP contribution is 2.12. The first-order valence-corrected chi connectivity index (χ1v) is 4.25. The highest BCUT2D eigenvalue weighted by Gasteiger charge is 2.08. The van der Waals surface area contributed by atoms with Crippen molar-refractivity contribution >= 4 is 0 Å². The van der Waals surface area contributed by atoms with Gasteiger partial charge in [-0.05, 0) is 18.1 Å². The average Bonchev–Trinajstić information content (AvgIpc) is 2.09. The van der Waals surface area contributed by atoms with Crippen LogP contribution in [0.3, 0.4) is 0 Å². The SMILES string of the molecule is CCC(O)Cc1ccc(F)cc1F. The van der Waals surface area contributed by atoms with Crippen molar-refractivity contribution in [2.24, 2.45) is 0 Å². The van der Waals surface area contributed by atoms with Gasteiger partial charge in [-0.25, -0.2) is 8.78 Å². The Balaban J connectivity index is 2.77. The molecule has 0 aliphatic rings. The summed E-state index contributed by atoms with van der Waals surface area (Å²) in [4.78, 5) is 0. The van der Waals surface area contributed by atoms with Crippen molar-refractivity contribution in [2.45, 2.75) is 25.9 Å². The lowest BCUT2D eigenvalue weighted by molar-refractivity contribution is 0.169. The predicted molar refractivity (Wildman–Crippen MR) is 46.4 cm³/mol. The minimum Gasteiger partial charge on any atom is -0.393 e. The summed E-state index contributed by atoms with van der Waals surface area (Å²) in [7, 11) is 0. The molecule has 1 rings (SSSR count). The van der Waals surface area contributed by atoms with E-state index in [1.54, 1.807) is 0 Å². The van der Waals surface area contributed by atoms with Gasteiger partial charge in [-0.1, -0.05) is 13.0 Å². The van der Waals surface area contributed by atoms with Crippen LogP contribution in [0, 0.1) is 11.6 Å². The van der Waals surface area contributed by atoms with Gasteiger partial charge in [0.25, 0.3) is 0 Å². The molecule has 0 saturated heterocycles. The first-order chi connectivity index (χ1) is 6.13. The maximum absolute atomic E-state index is 13.0. The van der Waals surface area contributed by atoms with Crippen LogP contribution in [0.25, 0.3) is 0 Å². The second kappa shape index (κ2) is 4.33. The van der Waals surface area contributed by atoms with E-state index in [0.29, 0.717) is 12.0 Å². The lowest BCUT2D eigenvalue weighted by Crippen LogP contribution is -2.09. The molecule has 1 aromatic carbocycles. The van der Waals surface area contributed by atoms with Crippen molar-refractivity contribution in [2.75, 3.05) is 0 Å². The molecule has 0 aliphatic carbocycles. The molecular weight excluding hydrogens is 174 g/mol. The van der Waals surface area contributed by atoms with E-state index >= 15 is 0 Å². The summed E-state index contributed by atoms with van der Waals surface area (Å²) in [5, 5.41) is 9.24. The Bertz CT molecular complexity index is 286. The smallest absolute Gasteiger partial charge is 0.129 e. The zero-order valence-electron chi connectivity index (χ0n) is 7.43. The van der Waals surface area contributed by atoms with Gasteiger partial charge in [0.15, 0.2) is 0 Å². The highest BCUT2D eigenvalue weighted by molar-refractivity contribution is 5.19. The number of aliphatic hydroxyl groups is 1. The van der Waals surface area contributed by atoms with Crippen molar-refractivity contribution in [3.05, 3.63) is 35.4 Å². The fourth-order valence-corrected chi connectivity index (χ4v) is 1.09. The van der Waals surface area contributed by atoms with Gasteiger partial charge in [-0.3, -0.25) is 0 Å². The van der Waals surface area contributed by atoms with Crippen LogP contribution in [0.2, 0.25) is 0 Å². The van der Waals surface area contributed by atoms with E-state index in [0.717, 1.165) is 6.07 Å². The molecule has 1 N–H and O–H groups in total. The molecule has 0 radical (unpaired) electrons. The molecule has 13 heavy (non-hydrogen) atoms. The molecule has 0 saturated carbocycles. The number of hydrogen-bond acceptors (Lipinski definition) is 1. The maximum atomic E-state index is 13.0. The van der Waals surface area contributed by atoms with Crippen LogP contribution in [-0.4, -0.2) is 11.2 Å². The summed E-state index contributed by atoms with van der Waals surface area (Å²) in [6, 6.07) is 3.39. The predicted octanol–water partition coefficient (Wildman–Crippen LogP) is 2.28. The Kier molecular flexibility index (Phi) is 3.37. The molecule has 3 heteroatoms. The van der Waals surface area contributed by atoms with Crippen LogP contribution >= 0.6 is 0 Å². The normalized spacial score (nSPS) is 12.9. The number of benzene rings is 1. The van der Waals surface area contributed by atoms with Crippen molar-refractivity contribution in [3.63, 3.8) is 0 Å². The Morgan fingerprint density at radius 1 is 1.38 bits per heavy atom. The van der Waals surface area contributed by atoms with Crippen LogP contribution < -0.4 is 0 Å². The summed E-state index contributed by atoms with van der Waals surface area (Å²) in [6.45, 7) is 1.81.